The summed E-state index contributed by atoms with van der Waals surface area (Å²) < 4.78 is 0. The number of nitrogens with zero attached hydrogens (tertiary/aromatic N) is 1. The van der Waals surface area contributed by atoms with Crippen molar-refractivity contribution in [1.29, 1.82) is 0 Å². The Morgan fingerprint density at radius 3 is 2.71 bits per heavy atom. The summed E-state index contributed by atoms with van der Waals surface area (Å²) in [4.78, 5) is 13.2. The molecule has 17 heavy (non-hydrogen) atoms. The van der Waals surface area contributed by atoms with Crippen molar-refractivity contribution in [3.05, 3.63) is 47.5 Å². The molecule has 1 atom stereocenters. The minimum absolute atomic E-state index is 0.263. The fourth-order valence-corrected chi connectivity index (χ4v) is 2.19. The second-order valence-electron chi connectivity index (χ2n) is 4.38. The lowest BCUT2D eigenvalue weighted by atomic mass is 10.0. The van der Waals surface area contributed by atoms with E-state index in [0.29, 0.717) is 12.1 Å². The van der Waals surface area contributed by atoms with Crippen LogP contribution >= 0.6 is 0 Å². The highest BCUT2D eigenvalue weighted by Gasteiger charge is 2.22. The van der Waals surface area contributed by atoms with Crippen LogP contribution < -0.4 is 0 Å². The third kappa shape index (κ3) is 2.74. The lowest BCUT2D eigenvalue weighted by Crippen LogP contribution is -2.34. The number of aliphatic carboxylic acids is 1. The maximum atomic E-state index is 11.0. The van der Waals surface area contributed by atoms with Gasteiger partial charge in [0.05, 0.1) is 0 Å². The Morgan fingerprint density at radius 1 is 1.35 bits per heavy atom. The fraction of sp³-hybridized carbons (Fsp3) is 0.357. The number of hydrogen-bond acceptors (Lipinski definition) is 2. The van der Waals surface area contributed by atoms with Crippen molar-refractivity contribution >= 4 is 5.97 Å². The number of rotatable bonds is 3. The van der Waals surface area contributed by atoms with Crippen molar-refractivity contribution < 1.29 is 9.90 Å². The van der Waals surface area contributed by atoms with E-state index in [1.165, 1.54) is 5.56 Å². The van der Waals surface area contributed by atoms with Gasteiger partial charge in [-0.3, -0.25) is 4.90 Å². The molecule has 1 aliphatic rings. The summed E-state index contributed by atoms with van der Waals surface area (Å²) in [7, 11) is 0. The van der Waals surface area contributed by atoms with Crippen LogP contribution in [0.4, 0.5) is 0 Å². The molecule has 1 heterocycles. The van der Waals surface area contributed by atoms with Crippen LogP contribution in [0.15, 0.2) is 42.0 Å². The van der Waals surface area contributed by atoms with Gasteiger partial charge in [-0.15, -0.1) is 0 Å². The first kappa shape index (κ1) is 11.9. The molecular formula is C14H17NO2. The second-order valence-corrected chi connectivity index (χ2v) is 4.38. The average molecular weight is 231 g/mol. The topological polar surface area (TPSA) is 40.5 Å². The normalized spacial score (nSPS) is 18.5. The summed E-state index contributed by atoms with van der Waals surface area (Å²) >= 11 is 0. The highest BCUT2D eigenvalue weighted by atomic mass is 16.4. The van der Waals surface area contributed by atoms with Crippen LogP contribution in [0.2, 0.25) is 0 Å². The van der Waals surface area contributed by atoms with Gasteiger partial charge < -0.3 is 5.11 Å². The zero-order chi connectivity index (χ0) is 12.3. The SMILES string of the molecule is CC(c1ccccc1)N1CCC=C(C(=O)O)C1. The lowest BCUT2D eigenvalue weighted by molar-refractivity contribution is -0.133. The molecule has 0 radical (unpaired) electrons. The van der Waals surface area contributed by atoms with Crippen LogP contribution in [-0.4, -0.2) is 29.1 Å². The molecule has 0 fully saturated rings. The molecule has 1 aliphatic heterocycles. The standard InChI is InChI=1S/C14H17NO2/c1-11(12-6-3-2-4-7-12)15-9-5-8-13(10-15)14(16)17/h2-4,6-8,11H,5,9-10H2,1H3,(H,16,17). The van der Waals surface area contributed by atoms with E-state index in [1.54, 1.807) is 0 Å². The van der Waals surface area contributed by atoms with Gasteiger partial charge >= 0.3 is 5.97 Å². The van der Waals surface area contributed by atoms with Crippen molar-refractivity contribution in [2.75, 3.05) is 13.1 Å². The van der Waals surface area contributed by atoms with E-state index in [9.17, 15) is 4.79 Å². The van der Waals surface area contributed by atoms with Gasteiger partial charge in [0.15, 0.2) is 0 Å². The molecule has 0 amide bonds. The van der Waals surface area contributed by atoms with Crippen LogP contribution in [0, 0.1) is 0 Å². The van der Waals surface area contributed by atoms with Crippen molar-refractivity contribution in [1.82, 2.24) is 4.90 Å². The minimum Gasteiger partial charge on any atom is -0.478 e. The summed E-state index contributed by atoms with van der Waals surface area (Å²) in [6, 6.07) is 10.5. The first-order chi connectivity index (χ1) is 8.18. The Bertz CT molecular complexity index is 425. The molecule has 0 bridgehead atoms. The lowest BCUT2D eigenvalue weighted by Gasteiger charge is -2.31. The molecule has 0 spiro atoms. The molecule has 3 nitrogen and oxygen atoms in total. The van der Waals surface area contributed by atoms with Gasteiger partial charge in [-0.2, -0.15) is 0 Å². The Kier molecular flexibility index (Phi) is 3.59. The zero-order valence-corrected chi connectivity index (χ0v) is 9.97. The first-order valence-electron chi connectivity index (χ1n) is 5.90. The number of carboxylic acid groups (broad SMARTS) is 1. The van der Waals surface area contributed by atoms with Crippen molar-refractivity contribution in [2.45, 2.75) is 19.4 Å². The minimum atomic E-state index is -0.796. The molecule has 3 heteroatoms. The molecular weight excluding hydrogens is 214 g/mol. The van der Waals surface area contributed by atoms with E-state index in [4.69, 9.17) is 5.11 Å². The van der Waals surface area contributed by atoms with Gasteiger partial charge in [0.2, 0.25) is 0 Å². The predicted octanol–water partition coefficient (Wildman–Crippen LogP) is 2.46. The Hall–Kier alpha value is -1.61. The summed E-state index contributed by atoms with van der Waals surface area (Å²) in [5.74, 6) is -0.796. The number of carbonyl (C=O) groups is 1. The van der Waals surface area contributed by atoms with Crippen LogP contribution in [0.1, 0.15) is 24.9 Å². The van der Waals surface area contributed by atoms with Crippen LogP contribution in [0.25, 0.3) is 0 Å². The third-order valence-corrected chi connectivity index (χ3v) is 3.28. The Morgan fingerprint density at radius 2 is 2.06 bits per heavy atom. The van der Waals surface area contributed by atoms with Crippen LogP contribution in [-0.2, 0) is 4.79 Å². The van der Waals surface area contributed by atoms with E-state index in [0.717, 1.165) is 13.0 Å². The highest BCUT2D eigenvalue weighted by Crippen LogP contribution is 2.23. The monoisotopic (exact) mass is 231 g/mol. The molecule has 0 aliphatic carbocycles. The fourth-order valence-electron chi connectivity index (χ4n) is 2.19. The Balaban J connectivity index is 2.09. The molecule has 90 valence electrons. The van der Waals surface area contributed by atoms with Crippen molar-refractivity contribution in [3.8, 4) is 0 Å². The van der Waals surface area contributed by atoms with Gasteiger partial charge in [0, 0.05) is 24.7 Å². The predicted molar refractivity (Wildman–Crippen MR) is 66.8 cm³/mol. The van der Waals surface area contributed by atoms with Gasteiger partial charge in [0.25, 0.3) is 0 Å². The first-order valence-corrected chi connectivity index (χ1v) is 5.90. The number of hydrogen-bond donors (Lipinski definition) is 1. The Labute approximate surface area is 101 Å². The van der Waals surface area contributed by atoms with Gasteiger partial charge in [-0.05, 0) is 18.9 Å². The smallest absolute Gasteiger partial charge is 0.332 e. The largest absolute Gasteiger partial charge is 0.478 e. The summed E-state index contributed by atoms with van der Waals surface area (Å²) in [5, 5.41) is 9.01. The third-order valence-electron chi connectivity index (χ3n) is 3.28. The van der Waals surface area contributed by atoms with Gasteiger partial charge in [0.1, 0.15) is 0 Å². The molecule has 1 aromatic rings. The highest BCUT2D eigenvalue weighted by molar-refractivity contribution is 5.87. The maximum absolute atomic E-state index is 11.0. The summed E-state index contributed by atoms with van der Waals surface area (Å²) in [6.45, 7) is 3.58. The summed E-state index contributed by atoms with van der Waals surface area (Å²) in [6.07, 6.45) is 2.65. The number of carboxylic acids is 1. The van der Waals surface area contributed by atoms with Crippen molar-refractivity contribution in [3.63, 3.8) is 0 Å². The molecule has 0 saturated heterocycles. The molecule has 0 saturated carbocycles. The van der Waals surface area contributed by atoms with Crippen LogP contribution in [0.3, 0.4) is 0 Å². The molecule has 1 N–H and O–H groups in total. The average Bonchev–Trinajstić information content (AvgIpc) is 2.39. The van der Waals surface area contributed by atoms with Crippen molar-refractivity contribution in [2.24, 2.45) is 0 Å². The summed E-state index contributed by atoms with van der Waals surface area (Å²) in [5.41, 5.74) is 1.75. The zero-order valence-electron chi connectivity index (χ0n) is 9.97. The van der Waals surface area contributed by atoms with Gasteiger partial charge in [-0.1, -0.05) is 36.4 Å². The molecule has 2 rings (SSSR count). The quantitative estimate of drug-likeness (QED) is 0.868. The second kappa shape index (κ2) is 5.15. The van der Waals surface area contributed by atoms with E-state index in [2.05, 4.69) is 24.0 Å². The van der Waals surface area contributed by atoms with Gasteiger partial charge in [-0.25, -0.2) is 4.79 Å². The van der Waals surface area contributed by atoms with Crippen LogP contribution in [0.5, 0.6) is 0 Å². The van der Waals surface area contributed by atoms with E-state index in [1.807, 2.05) is 24.3 Å². The number of benzene rings is 1. The maximum Gasteiger partial charge on any atom is 0.332 e. The molecule has 1 unspecified atom stereocenters. The molecule has 1 aromatic carbocycles. The molecule has 0 aromatic heterocycles. The van der Waals surface area contributed by atoms with E-state index in [-0.39, 0.29) is 6.04 Å². The van der Waals surface area contributed by atoms with E-state index >= 15 is 0 Å². The van der Waals surface area contributed by atoms with E-state index < -0.39 is 5.97 Å².